The maximum atomic E-state index is 12.2. The molecule has 1 atom stereocenters. The van der Waals surface area contributed by atoms with Crippen molar-refractivity contribution in [3.05, 3.63) is 40.7 Å². The maximum Gasteiger partial charge on any atom is 0.319 e. The molecule has 1 aliphatic heterocycles. The highest BCUT2D eigenvalue weighted by Gasteiger charge is 2.16. The largest absolute Gasteiger partial charge is 0.357 e. The monoisotopic (exact) mass is 359 g/mol. The molecular formula is C18H25N5OS. The number of hydrogen-bond donors (Lipinski definition) is 2. The van der Waals surface area contributed by atoms with Crippen molar-refractivity contribution in [2.45, 2.75) is 18.9 Å². The fraction of sp³-hybridized carbons (Fsp3) is 0.444. The molecule has 0 spiro atoms. The topological polar surface area (TPSA) is 60.5 Å². The normalized spacial score (nSPS) is 15.4. The molecule has 0 unspecified atom stereocenters. The van der Waals surface area contributed by atoms with Gasteiger partial charge in [-0.25, -0.2) is 9.78 Å². The molecule has 0 bridgehead atoms. The van der Waals surface area contributed by atoms with Crippen molar-refractivity contribution in [1.29, 1.82) is 0 Å². The Hall–Kier alpha value is -2.12. The minimum Gasteiger partial charge on any atom is -0.357 e. The summed E-state index contributed by atoms with van der Waals surface area (Å²) in [6.07, 6.45) is 4.17. The van der Waals surface area contributed by atoms with Gasteiger partial charge in [0.1, 0.15) is 5.82 Å². The molecule has 2 aromatic rings. The third-order valence-corrected chi connectivity index (χ3v) is 5.36. The zero-order valence-electron chi connectivity index (χ0n) is 14.7. The lowest BCUT2D eigenvalue weighted by molar-refractivity contribution is 0.244. The van der Waals surface area contributed by atoms with E-state index in [9.17, 15) is 4.79 Å². The van der Waals surface area contributed by atoms with Crippen molar-refractivity contribution in [2.24, 2.45) is 0 Å². The van der Waals surface area contributed by atoms with E-state index in [1.54, 1.807) is 17.5 Å². The fourth-order valence-electron chi connectivity index (χ4n) is 2.98. The van der Waals surface area contributed by atoms with E-state index in [0.29, 0.717) is 12.2 Å². The van der Waals surface area contributed by atoms with Crippen molar-refractivity contribution in [3.8, 4) is 0 Å². The Morgan fingerprint density at radius 1 is 1.32 bits per heavy atom. The Morgan fingerprint density at radius 3 is 2.72 bits per heavy atom. The first kappa shape index (κ1) is 17.7. The molecule has 0 saturated carbocycles. The Balaban J connectivity index is 1.51. The molecule has 6 nitrogen and oxygen atoms in total. The molecule has 1 fully saturated rings. The van der Waals surface area contributed by atoms with Gasteiger partial charge in [0.15, 0.2) is 0 Å². The third-order valence-electron chi connectivity index (χ3n) is 4.39. The zero-order chi connectivity index (χ0) is 17.6. The van der Waals surface area contributed by atoms with Gasteiger partial charge in [-0.2, -0.15) is 0 Å². The predicted molar refractivity (Wildman–Crippen MR) is 103 cm³/mol. The second kappa shape index (κ2) is 8.31. The summed E-state index contributed by atoms with van der Waals surface area (Å²) in [5.41, 5.74) is 0.706. The number of nitrogens with one attached hydrogen (secondary N) is 2. The smallest absolute Gasteiger partial charge is 0.319 e. The van der Waals surface area contributed by atoms with Gasteiger partial charge in [-0.3, -0.25) is 0 Å². The molecule has 0 aliphatic carbocycles. The molecule has 1 saturated heterocycles. The van der Waals surface area contributed by atoms with Crippen LogP contribution in [0.1, 0.15) is 23.8 Å². The zero-order valence-corrected chi connectivity index (χ0v) is 15.6. The van der Waals surface area contributed by atoms with Gasteiger partial charge >= 0.3 is 6.03 Å². The van der Waals surface area contributed by atoms with Crippen LogP contribution in [0.3, 0.4) is 0 Å². The number of likely N-dealkylation sites (N-methyl/N-ethyl adjacent to an activating group) is 1. The summed E-state index contributed by atoms with van der Waals surface area (Å²) >= 11 is 1.70. The standard InChI is InChI=1S/C18H25N5OS/c1-22(2)15(16-6-5-11-25-16)13-20-18(24)21-14-7-8-17(19-12-14)23-9-3-4-10-23/h5-8,11-12,15H,3-4,9-10,13H2,1-2H3,(H2,20,21,24)/t15-/m1/s1. The van der Waals surface area contributed by atoms with Gasteiger partial charge < -0.3 is 20.4 Å². The minimum atomic E-state index is -0.209. The molecule has 2 aromatic heterocycles. The molecule has 134 valence electrons. The first-order chi connectivity index (χ1) is 12.1. The van der Waals surface area contributed by atoms with Crippen LogP contribution in [0.4, 0.5) is 16.3 Å². The first-order valence-corrected chi connectivity index (χ1v) is 9.47. The molecule has 2 amide bonds. The average Bonchev–Trinajstić information content (AvgIpc) is 3.29. The van der Waals surface area contributed by atoms with E-state index in [-0.39, 0.29) is 12.1 Å². The number of thiophene rings is 1. The van der Waals surface area contributed by atoms with Crippen LogP contribution < -0.4 is 15.5 Å². The lowest BCUT2D eigenvalue weighted by Crippen LogP contribution is -2.36. The van der Waals surface area contributed by atoms with E-state index in [1.807, 2.05) is 32.3 Å². The number of nitrogens with zero attached hydrogens (tertiary/aromatic N) is 3. The molecule has 0 radical (unpaired) electrons. The van der Waals surface area contributed by atoms with Crippen molar-refractivity contribution in [3.63, 3.8) is 0 Å². The third kappa shape index (κ3) is 4.70. The van der Waals surface area contributed by atoms with E-state index < -0.39 is 0 Å². The lowest BCUT2D eigenvalue weighted by atomic mass is 10.2. The van der Waals surface area contributed by atoms with E-state index >= 15 is 0 Å². The van der Waals surface area contributed by atoms with Crippen LogP contribution in [-0.2, 0) is 0 Å². The van der Waals surface area contributed by atoms with E-state index in [1.165, 1.54) is 17.7 Å². The van der Waals surface area contributed by atoms with Gasteiger partial charge in [0.2, 0.25) is 0 Å². The molecule has 0 aromatic carbocycles. The van der Waals surface area contributed by atoms with Crippen molar-refractivity contribution in [2.75, 3.05) is 43.9 Å². The van der Waals surface area contributed by atoms with Crippen LogP contribution in [0, 0.1) is 0 Å². The number of pyridine rings is 1. The summed E-state index contributed by atoms with van der Waals surface area (Å²) in [6, 6.07) is 7.96. The number of carbonyl (C=O) groups is 1. The van der Waals surface area contributed by atoms with Gasteiger partial charge in [0, 0.05) is 24.5 Å². The average molecular weight is 359 g/mol. The summed E-state index contributed by atoms with van der Waals surface area (Å²) in [4.78, 5) is 22.2. The molecule has 25 heavy (non-hydrogen) atoms. The number of anilines is 2. The molecule has 3 heterocycles. The van der Waals surface area contributed by atoms with E-state index in [0.717, 1.165) is 18.9 Å². The molecule has 3 rings (SSSR count). The van der Waals surface area contributed by atoms with Crippen LogP contribution in [0.15, 0.2) is 35.8 Å². The Bertz CT molecular complexity index is 665. The molecule has 7 heteroatoms. The number of carbonyl (C=O) groups excluding carboxylic acids is 1. The fourth-order valence-corrected chi connectivity index (χ4v) is 3.90. The summed E-state index contributed by atoms with van der Waals surface area (Å²) in [5.74, 6) is 0.980. The van der Waals surface area contributed by atoms with Crippen LogP contribution >= 0.6 is 11.3 Å². The van der Waals surface area contributed by atoms with Gasteiger partial charge in [0.05, 0.1) is 17.9 Å². The van der Waals surface area contributed by atoms with Crippen LogP contribution in [0.5, 0.6) is 0 Å². The highest BCUT2D eigenvalue weighted by molar-refractivity contribution is 7.10. The second-order valence-corrected chi connectivity index (χ2v) is 7.41. The second-order valence-electron chi connectivity index (χ2n) is 6.43. The van der Waals surface area contributed by atoms with Crippen molar-refractivity contribution >= 4 is 28.9 Å². The summed E-state index contributed by atoms with van der Waals surface area (Å²) in [5, 5.41) is 7.86. The van der Waals surface area contributed by atoms with Crippen LogP contribution in [0.2, 0.25) is 0 Å². The summed E-state index contributed by atoms with van der Waals surface area (Å²) in [6.45, 7) is 2.68. The predicted octanol–water partition coefficient (Wildman–Crippen LogP) is 3.17. The van der Waals surface area contributed by atoms with Gasteiger partial charge in [-0.15, -0.1) is 11.3 Å². The highest BCUT2D eigenvalue weighted by Crippen LogP contribution is 2.22. The number of amides is 2. The first-order valence-electron chi connectivity index (χ1n) is 8.59. The molecule has 1 aliphatic rings. The quantitative estimate of drug-likeness (QED) is 0.832. The van der Waals surface area contributed by atoms with E-state index in [4.69, 9.17) is 0 Å². The summed E-state index contributed by atoms with van der Waals surface area (Å²) in [7, 11) is 4.04. The van der Waals surface area contributed by atoms with Crippen molar-refractivity contribution in [1.82, 2.24) is 15.2 Å². The van der Waals surface area contributed by atoms with Gasteiger partial charge in [-0.1, -0.05) is 6.07 Å². The van der Waals surface area contributed by atoms with E-state index in [2.05, 4.69) is 36.9 Å². The summed E-state index contributed by atoms with van der Waals surface area (Å²) < 4.78 is 0. The Morgan fingerprint density at radius 2 is 2.12 bits per heavy atom. The SMILES string of the molecule is CN(C)[C@H](CNC(=O)Nc1ccc(N2CCCC2)nc1)c1cccs1. The molecular weight excluding hydrogens is 334 g/mol. The highest BCUT2D eigenvalue weighted by atomic mass is 32.1. The van der Waals surface area contributed by atoms with Crippen LogP contribution in [0.25, 0.3) is 0 Å². The molecule has 2 N–H and O–H groups in total. The van der Waals surface area contributed by atoms with Gasteiger partial charge in [0.25, 0.3) is 0 Å². The Kier molecular flexibility index (Phi) is 5.88. The number of urea groups is 1. The number of rotatable bonds is 6. The number of aromatic nitrogens is 1. The van der Waals surface area contributed by atoms with Gasteiger partial charge in [-0.05, 0) is 50.5 Å². The maximum absolute atomic E-state index is 12.2. The minimum absolute atomic E-state index is 0.168. The van der Waals surface area contributed by atoms with Crippen LogP contribution in [-0.4, -0.2) is 49.6 Å². The lowest BCUT2D eigenvalue weighted by Gasteiger charge is -2.23. The number of hydrogen-bond acceptors (Lipinski definition) is 5. The van der Waals surface area contributed by atoms with Crippen molar-refractivity contribution < 1.29 is 4.79 Å². The Labute approximate surface area is 152 Å².